The minimum absolute atomic E-state index is 0.796. The van der Waals surface area contributed by atoms with Crippen LogP contribution in [0.1, 0.15) is 122 Å². The van der Waals surface area contributed by atoms with Crippen LogP contribution >= 0.6 is 0 Å². The first-order valence-electron chi connectivity index (χ1n) is 14.4. The maximum atomic E-state index is 5.95. The van der Waals surface area contributed by atoms with Gasteiger partial charge in [0.1, 0.15) is 5.75 Å². The van der Waals surface area contributed by atoms with Crippen molar-refractivity contribution < 1.29 is 4.74 Å². The first-order chi connectivity index (χ1) is 16.8. The van der Waals surface area contributed by atoms with E-state index in [4.69, 9.17) is 4.74 Å². The van der Waals surface area contributed by atoms with E-state index < -0.39 is 0 Å². The quantitative estimate of drug-likeness (QED) is 0.206. The molecule has 34 heavy (non-hydrogen) atoms. The van der Waals surface area contributed by atoms with Crippen molar-refractivity contribution in [2.45, 2.75) is 122 Å². The molecule has 0 atom stereocenters. The van der Waals surface area contributed by atoms with Gasteiger partial charge in [0.25, 0.3) is 0 Å². The van der Waals surface area contributed by atoms with Crippen LogP contribution in [0.5, 0.6) is 5.75 Å². The van der Waals surface area contributed by atoms with Gasteiger partial charge in [-0.1, -0.05) is 103 Å². The van der Waals surface area contributed by atoms with E-state index in [1.807, 2.05) is 24.5 Å². The maximum absolute atomic E-state index is 5.95. The summed E-state index contributed by atoms with van der Waals surface area (Å²) >= 11 is 0. The molecule has 1 aliphatic carbocycles. The fourth-order valence-corrected chi connectivity index (χ4v) is 5.17. The van der Waals surface area contributed by atoms with Crippen LogP contribution in [0.25, 0.3) is 11.4 Å². The number of aromatic nitrogens is 2. The Morgan fingerprint density at radius 1 is 0.735 bits per heavy atom. The molecule has 1 aliphatic rings. The lowest BCUT2D eigenvalue weighted by Gasteiger charge is -2.08. The Labute approximate surface area is 209 Å². The van der Waals surface area contributed by atoms with Crippen LogP contribution in [-0.2, 0) is 6.42 Å². The second kappa shape index (κ2) is 16.7. The molecule has 1 aromatic carbocycles. The Balaban J connectivity index is 1.22. The second-order valence-electron chi connectivity index (χ2n) is 10.4. The minimum Gasteiger partial charge on any atom is -0.494 e. The highest BCUT2D eigenvalue weighted by Gasteiger charge is 2.13. The summed E-state index contributed by atoms with van der Waals surface area (Å²) in [5.41, 5.74) is 2.29. The summed E-state index contributed by atoms with van der Waals surface area (Å²) in [4.78, 5) is 9.17. The molecule has 3 heteroatoms. The van der Waals surface area contributed by atoms with Crippen LogP contribution in [0.2, 0.25) is 0 Å². The van der Waals surface area contributed by atoms with Crippen LogP contribution < -0.4 is 4.74 Å². The van der Waals surface area contributed by atoms with Crippen LogP contribution in [0.15, 0.2) is 36.7 Å². The SMILES string of the molecule is CCCCCCCc1cnc(-c2ccc(OCCCCCCCCCC3CCCC3)cc2)nc1. The average Bonchev–Trinajstić information content (AvgIpc) is 3.39. The molecule has 1 saturated carbocycles. The van der Waals surface area contributed by atoms with Crippen LogP contribution in [0.3, 0.4) is 0 Å². The van der Waals surface area contributed by atoms with E-state index in [2.05, 4.69) is 29.0 Å². The monoisotopic (exact) mass is 464 g/mol. The molecule has 0 amide bonds. The van der Waals surface area contributed by atoms with Gasteiger partial charge in [-0.05, 0) is 55.0 Å². The van der Waals surface area contributed by atoms with Gasteiger partial charge in [0, 0.05) is 18.0 Å². The van der Waals surface area contributed by atoms with Gasteiger partial charge in [0.05, 0.1) is 6.61 Å². The highest BCUT2D eigenvalue weighted by Crippen LogP contribution is 2.29. The second-order valence-corrected chi connectivity index (χ2v) is 10.4. The lowest BCUT2D eigenvalue weighted by atomic mass is 9.99. The van der Waals surface area contributed by atoms with E-state index in [0.29, 0.717) is 0 Å². The molecule has 0 radical (unpaired) electrons. The molecule has 0 spiro atoms. The molecule has 2 aromatic rings. The summed E-state index contributed by atoms with van der Waals surface area (Å²) in [7, 11) is 0. The Hall–Kier alpha value is -1.90. The Bertz CT molecular complexity index is 750. The molecule has 1 heterocycles. The summed E-state index contributed by atoms with van der Waals surface area (Å²) < 4.78 is 5.95. The molecular weight excluding hydrogens is 416 g/mol. The Morgan fingerprint density at radius 2 is 1.35 bits per heavy atom. The van der Waals surface area contributed by atoms with E-state index in [9.17, 15) is 0 Å². The number of nitrogens with zero attached hydrogens (tertiary/aromatic N) is 2. The Morgan fingerprint density at radius 3 is 2.06 bits per heavy atom. The highest BCUT2D eigenvalue weighted by atomic mass is 16.5. The zero-order chi connectivity index (χ0) is 23.7. The largest absolute Gasteiger partial charge is 0.494 e. The van der Waals surface area contributed by atoms with Gasteiger partial charge < -0.3 is 4.74 Å². The van der Waals surface area contributed by atoms with Crippen molar-refractivity contribution in [3.63, 3.8) is 0 Å². The number of hydrogen-bond donors (Lipinski definition) is 0. The van der Waals surface area contributed by atoms with Crippen molar-refractivity contribution in [3.05, 3.63) is 42.2 Å². The van der Waals surface area contributed by atoms with E-state index in [-0.39, 0.29) is 0 Å². The molecule has 3 nitrogen and oxygen atoms in total. The standard InChI is InChI=1S/C31H48N2O/c1-2-3-4-8-12-19-28-25-32-31(33-26-28)29-20-22-30(23-21-29)34-24-15-10-7-5-6-9-11-16-27-17-13-14-18-27/h20-23,25-27H,2-19,24H2,1H3. The number of unbranched alkanes of at least 4 members (excludes halogenated alkanes) is 10. The number of benzene rings is 1. The summed E-state index contributed by atoms with van der Waals surface area (Å²) in [6, 6.07) is 8.23. The smallest absolute Gasteiger partial charge is 0.159 e. The third-order valence-corrected chi connectivity index (χ3v) is 7.39. The minimum atomic E-state index is 0.796. The molecule has 0 bridgehead atoms. The predicted octanol–water partition coefficient (Wildman–Crippen LogP) is 9.35. The van der Waals surface area contributed by atoms with Crippen molar-refractivity contribution in [1.29, 1.82) is 0 Å². The molecule has 0 saturated heterocycles. The maximum Gasteiger partial charge on any atom is 0.159 e. The molecule has 0 aliphatic heterocycles. The van der Waals surface area contributed by atoms with Crippen LogP contribution in [0.4, 0.5) is 0 Å². The molecule has 0 N–H and O–H groups in total. The number of aryl methyl sites for hydroxylation is 1. The van der Waals surface area contributed by atoms with E-state index >= 15 is 0 Å². The summed E-state index contributed by atoms with van der Waals surface area (Å²) in [6.45, 7) is 3.07. The third kappa shape index (κ3) is 10.6. The van der Waals surface area contributed by atoms with Gasteiger partial charge in [0.15, 0.2) is 5.82 Å². The molecule has 0 unspecified atom stereocenters. The molecule has 188 valence electrons. The fourth-order valence-electron chi connectivity index (χ4n) is 5.17. The van der Waals surface area contributed by atoms with Gasteiger partial charge >= 0.3 is 0 Å². The van der Waals surface area contributed by atoms with Gasteiger partial charge in [-0.15, -0.1) is 0 Å². The molecule has 1 fully saturated rings. The molecular formula is C31H48N2O. The van der Waals surface area contributed by atoms with Gasteiger partial charge in [-0.25, -0.2) is 9.97 Å². The van der Waals surface area contributed by atoms with Crippen molar-refractivity contribution in [2.75, 3.05) is 6.61 Å². The van der Waals surface area contributed by atoms with Crippen molar-refractivity contribution in [1.82, 2.24) is 9.97 Å². The van der Waals surface area contributed by atoms with Gasteiger partial charge in [-0.2, -0.15) is 0 Å². The third-order valence-electron chi connectivity index (χ3n) is 7.39. The summed E-state index contributed by atoms with van der Waals surface area (Å²) in [5.74, 6) is 2.80. The van der Waals surface area contributed by atoms with E-state index in [0.717, 1.165) is 42.5 Å². The zero-order valence-corrected chi connectivity index (χ0v) is 21.8. The average molecular weight is 465 g/mol. The molecule has 1 aromatic heterocycles. The van der Waals surface area contributed by atoms with Gasteiger partial charge in [-0.3, -0.25) is 0 Å². The number of rotatable bonds is 18. The predicted molar refractivity (Wildman–Crippen MR) is 144 cm³/mol. The van der Waals surface area contributed by atoms with Crippen molar-refractivity contribution >= 4 is 0 Å². The summed E-state index contributed by atoms with van der Waals surface area (Å²) in [5, 5.41) is 0. The van der Waals surface area contributed by atoms with Crippen molar-refractivity contribution in [2.24, 2.45) is 5.92 Å². The first-order valence-corrected chi connectivity index (χ1v) is 14.4. The normalized spacial score (nSPS) is 14.0. The lowest BCUT2D eigenvalue weighted by Crippen LogP contribution is -1.98. The van der Waals surface area contributed by atoms with Crippen molar-refractivity contribution in [3.8, 4) is 17.1 Å². The van der Waals surface area contributed by atoms with Crippen LogP contribution in [0, 0.1) is 5.92 Å². The summed E-state index contributed by atoms with van der Waals surface area (Å²) in [6.07, 6.45) is 28.5. The lowest BCUT2D eigenvalue weighted by molar-refractivity contribution is 0.304. The number of ether oxygens (including phenoxy) is 1. The van der Waals surface area contributed by atoms with Crippen LogP contribution in [-0.4, -0.2) is 16.6 Å². The number of hydrogen-bond acceptors (Lipinski definition) is 3. The first kappa shape index (κ1) is 26.7. The topological polar surface area (TPSA) is 35.0 Å². The van der Waals surface area contributed by atoms with E-state index in [1.165, 1.54) is 108 Å². The molecule has 3 rings (SSSR count). The van der Waals surface area contributed by atoms with Gasteiger partial charge in [0.2, 0.25) is 0 Å². The zero-order valence-electron chi connectivity index (χ0n) is 21.8. The highest BCUT2D eigenvalue weighted by molar-refractivity contribution is 5.55. The Kier molecular flexibility index (Phi) is 13.1. The fraction of sp³-hybridized carbons (Fsp3) is 0.677. The van der Waals surface area contributed by atoms with E-state index in [1.54, 1.807) is 0 Å².